The molecule has 0 spiro atoms. The van der Waals surface area contributed by atoms with E-state index in [0.29, 0.717) is 6.61 Å². The molecule has 0 aliphatic carbocycles. The number of fused-ring (bicyclic) bond motifs is 1. The molecule has 0 radical (unpaired) electrons. The van der Waals surface area contributed by atoms with Gasteiger partial charge in [0.1, 0.15) is 12.4 Å². The number of carbonyl (C=O) groups is 1. The average Bonchev–Trinajstić information content (AvgIpc) is 3.22. The predicted molar refractivity (Wildman–Crippen MR) is 136 cm³/mol. The van der Waals surface area contributed by atoms with Crippen LogP contribution in [0.25, 0.3) is 0 Å². The van der Waals surface area contributed by atoms with Gasteiger partial charge in [-0.25, -0.2) is 4.68 Å². The van der Waals surface area contributed by atoms with E-state index in [2.05, 4.69) is 48.7 Å². The molecule has 36 heavy (non-hydrogen) atoms. The third kappa shape index (κ3) is 6.03. The molecule has 2 aliphatic heterocycles. The number of ether oxygens (including phenoxy) is 1. The normalized spacial score (nSPS) is 19.0. The van der Waals surface area contributed by atoms with Gasteiger partial charge >= 0.3 is 6.18 Å². The number of likely N-dealkylation sites (tertiary alicyclic amines) is 1. The number of piperidine rings is 1. The maximum atomic E-state index is 13.7. The van der Waals surface area contributed by atoms with Gasteiger partial charge in [-0.15, -0.1) is 0 Å². The third-order valence-corrected chi connectivity index (χ3v) is 9.07. The molecule has 1 saturated heterocycles. The van der Waals surface area contributed by atoms with Gasteiger partial charge in [0.15, 0.2) is 5.69 Å². The number of amides is 1. The van der Waals surface area contributed by atoms with Crippen molar-refractivity contribution in [1.29, 1.82) is 0 Å². The number of hydrogen-bond donors (Lipinski definition) is 0. The van der Waals surface area contributed by atoms with Crippen LogP contribution in [-0.4, -0.2) is 65.8 Å². The number of hydrogen-bond acceptors (Lipinski definition) is 4. The van der Waals surface area contributed by atoms with Crippen LogP contribution in [0.5, 0.6) is 0 Å². The van der Waals surface area contributed by atoms with Gasteiger partial charge in [0.2, 0.25) is 0 Å². The van der Waals surface area contributed by atoms with Crippen LogP contribution in [-0.2, 0) is 24.1 Å². The second-order valence-electron chi connectivity index (χ2n) is 11.1. The molecular weight excluding hydrogens is 485 g/mol. The summed E-state index contributed by atoms with van der Waals surface area (Å²) in [6.07, 6.45) is -2.85. The molecule has 2 aliphatic rings. The molecule has 1 aromatic carbocycles. The van der Waals surface area contributed by atoms with Crippen molar-refractivity contribution >= 4 is 14.0 Å². The minimum absolute atomic E-state index is 0.00711. The smallest absolute Gasteiger partial charge is 0.360 e. The van der Waals surface area contributed by atoms with Crippen LogP contribution in [0.3, 0.4) is 0 Å². The summed E-state index contributed by atoms with van der Waals surface area (Å²) in [4.78, 5) is 17.7. The molecule has 3 heterocycles. The van der Waals surface area contributed by atoms with Crippen LogP contribution in [0.15, 0.2) is 30.3 Å². The number of rotatable bonds is 8. The van der Waals surface area contributed by atoms with E-state index < -0.39 is 19.9 Å². The lowest BCUT2D eigenvalue weighted by Gasteiger charge is -2.42. The molecule has 0 N–H and O–H groups in total. The third-order valence-electron chi connectivity index (χ3n) is 7.36. The van der Waals surface area contributed by atoms with E-state index in [1.165, 1.54) is 5.56 Å². The van der Waals surface area contributed by atoms with E-state index in [4.69, 9.17) is 4.74 Å². The highest BCUT2D eigenvalue weighted by Crippen LogP contribution is 2.36. The molecule has 0 unspecified atom stereocenters. The van der Waals surface area contributed by atoms with Crippen molar-refractivity contribution < 1.29 is 22.7 Å². The molecule has 4 rings (SSSR count). The Morgan fingerprint density at radius 3 is 2.39 bits per heavy atom. The fourth-order valence-electron chi connectivity index (χ4n) is 5.17. The first kappa shape index (κ1) is 26.9. The van der Waals surface area contributed by atoms with Gasteiger partial charge in [-0.05, 0) is 37.8 Å². The quantitative estimate of drug-likeness (QED) is 0.342. The van der Waals surface area contributed by atoms with Gasteiger partial charge < -0.3 is 9.64 Å². The van der Waals surface area contributed by atoms with E-state index in [1.54, 1.807) is 4.90 Å². The van der Waals surface area contributed by atoms with Crippen molar-refractivity contribution in [2.24, 2.45) is 0 Å². The Kier molecular flexibility index (Phi) is 7.97. The van der Waals surface area contributed by atoms with Crippen LogP contribution in [0.1, 0.15) is 53.1 Å². The van der Waals surface area contributed by atoms with E-state index >= 15 is 0 Å². The van der Waals surface area contributed by atoms with Crippen molar-refractivity contribution in [2.45, 2.75) is 76.9 Å². The van der Waals surface area contributed by atoms with Crippen molar-refractivity contribution in [2.75, 3.05) is 26.2 Å². The molecular formula is C26H37F3N4O2Si. The van der Waals surface area contributed by atoms with Gasteiger partial charge in [-0.3, -0.25) is 9.69 Å². The number of aromatic nitrogens is 2. The Balaban J connectivity index is 1.46. The minimum Gasteiger partial charge on any atom is -0.360 e. The lowest BCUT2D eigenvalue weighted by Crippen LogP contribution is -2.50. The molecule has 0 bridgehead atoms. The van der Waals surface area contributed by atoms with Crippen LogP contribution in [0.2, 0.25) is 25.7 Å². The predicted octanol–water partition coefficient (Wildman–Crippen LogP) is 5.44. The topological polar surface area (TPSA) is 50.6 Å². The second-order valence-corrected chi connectivity index (χ2v) is 16.7. The average molecular weight is 523 g/mol. The second kappa shape index (κ2) is 10.7. The van der Waals surface area contributed by atoms with Gasteiger partial charge in [-0.2, -0.15) is 18.3 Å². The number of benzene rings is 1. The highest BCUT2D eigenvalue weighted by atomic mass is 28.3. The summed E-state index contributed by atoms with van der Waals surface area (Å²) in [5.74, 6) is -0.359. The Morgan fingerprint density at radius 1 is 1.11 bits per heavy atom. The highest BCUT2D eigenvalue weighted by molar-refractivity contribution is 6.76. The van der Waals surface area contributed by atoms with E-state index in [0.717, 1.165) is 36.7 Å². The van der Waals surface area contributed by atoms with Crippen LogP contribution < -0.4 is 0 Å². The van der Waals surface area contributed by atoms with Gasteiger partial charge in [0.05, 0.1) is 0 Å². The molecule has 10 heteroatoms. The zero-order chi connectivity index (χ0) is 26.1. The summed E-state index contributed by atoms with van der Waals surface area (Å²) in [5, 5.41) is 3.82. The number of halogens is 3. The summed E-state index contributed by atoms with van der Waals surface area (Å²) in [5.41, 5.74) is 0.354. The Labute approximate surface area is 212 Å². The fraction of sp³-hybridized carbons (Fsp3) is 0.615. The Morgan fingerprint density at radius 2 is 1.78 bits per heavy atom. The minimum atomic E-state index is -4.60. The Bertz CT molecular complexity index is 1040. The molecule has 0 saturated carbocycles. The van der Waals surface area contributed by atoms with Crippen molar-refractivity contribution in [1.82, 2.24) is 19.6 Å². The zero-order valence-corrected chi connectivity index (χ0v) is 22.6. The first-order valence-electron chi connectivity index (χ1n) is 12.8. The summed E-state index contributed by atoms with van der Waals surface area (Å²) in [6, 6.07) is 11.5. The first-order chi connectivity index (χ1) is 17.0. The van der Waals surface area contributed by atoms with Crippen LogP contribution in [0, 0.1) is 0 Å². The maximum Gasteiger partial charge on any atom is 0.435 e. The van der Waals surface area contributed by atoms with Crippen LogP contribution >= 0.6 is 0 Å². The number of alkyl halides is 3. The summed E-state index contributed by atoms with van der Waals surface area (Å²) in [7, 11) is -1.35. The summed E-state index contributed by atoms with van der Waals surface area (Å²) < 4.78 is 48.0. The zero-order valence-electron chi connectivity index (χ0n) is 21.6. The van der Waals surface area contributed by atoms with Crippen LogP contribution in [0.4, 0.5) is 13.2 Å². The first-order valence-corrected chi connectivity index (χ1v) is 16.5. The maximum absolute atomic E-state index is 13.7. The molecule has 1 atom stereocenters. The number of carbonyl (C=O) groups excluding carboxylic acids is 1. The monoisotopic (exact) mass is 522 g/mol. The molecule has 1 aromatic heterocycles. The van der Waals surface area contributed by atoms with Crippen molar-refractivity contribution in [3.05, 3.63) is 52.8 Å². The SMILES string of the molecule is C[C@H](c1ccccc1)N1CCC(N2CCc3c(C(F)(F)F)nn(COCC[Si](C)(C)C)c3C2=O)CC1. The van der Waals surface area contributed by atoms with Gasteiger partial charge in [0, 0.05) is 52.0 Å². The fourth-order valence-corrected chi connectivity index (χ4v) is 5.93. The standard InChI is InChI=1S/C26H37F3N4O2Si/c1-19(20-8-6-5-7-9-20)31-13-10-21(11-14-31)32-15-12-22-23(25(32)34)33(30-24(22)26(27,28)29)18-35-16-17-36(2,3)4/h5-9,19,21H,10-18H2,1-4H3/t19-/m1/s1. The molecule has 6 nitrogen and oxygen atoms in total. The largest absolute Gasteiger partial charge is 0.435 e. The molecule has 198 valence electrons. The number of nitrogens with zero attached hydrogens (tertiary/aromatic N) is 4. The summed E-state index contributed by atoms with van der Waals surface area (Å²) >= 11 is 0. The van der Waals surface area contributed by atoms with Gasteiger partial charge in [0.25, 0.3) is 5.91 Å². The van der Waals surface area contributed by atoms with Crippen molar-refractivity contribution in [3.63, 3.8) is 0 Å². The molecule has 1 amide bonds. The Hall–Kier alpha value is -2.17. The van der Waals surface area contributed by atoms with Crippen molar-refractivity contribution in [3.8, 4) is 0 Å². The van der Waals surface area contributed by atoms with E-state index in [9.17, 15) is 18.0 Å². The summed E-state index contributed by atoms with van der Waals surface area (Å²) in [6.45, 7) is 11.1. The molecule has 1 fully saturated rings. The van der Waals surface area contributed by atoms with E-state index in [-0.39, 0.29) is 48.9 Å². The lowest BCUT2D eigenvalue weighted by atomic mass is 9.95. The van der Waals surface area contributed by atoms with E-state index in [1.807, 2.05) is 18.2 Å². The van der Waals surface area contributed by atoms with Gasteiger partial charge in [-0.1, -0.05) is 50.0 Å². The molecule has 2 aromatic rings. The highest BCUT2D eigenvalue weighted by Gasteiger charge is 2.44. The lowest BCUT2D eigenvalue weighted by molar-refractivity contribution is -0.142.